The molecule has 0 aliphatic rings. The standard InChI is InChI=1S/C19H24ClN5O3/c1-5-6-27-12-25-19(26)24(4)18(22-25)10-28-17-7-13(2)15(20)8-14(17)16-9-21-11-23(16)3/h7-9,11H,5-6,10,12H2,1-4H3. The first-order valence-corrected chi connectivity index (χ1v) is 9.40. The summed E-state index contributed by atoms with van der Waals surface area (Å²) in [5, 5.41) is 4.97. The van der Waals surface area contributed by atoms with Gasteiger partial charge in [0.2, 0.25) is 0 Å². The maximum absolute atomic E-state index is 12.3. The Balaban J connectivity index is 1.85. The number of hydrogen-bond acceptors (Lipinski definition) is 5. The van der Waals surface area contributed by atoms with E-state index >= 15 is 0 Å². The first-order chi connectivity index (χ1) is 13.4. The highest BCUT2D eigenvalue weighted by molar-refractivity contribution is 6.31. The Morgan fingerprint density at radius 2 is 2.04 bits per heavy atom. The molecule has 0 bridgehead atoms. The molecule has 28 heavy (non-hydrogen) atoms. The lowest BCUT2D eigenvalue weighted by Gasteiger charge is -2.13. The largest absolute Gasteiger partial charge is 0.485 e. The molecule has 0 radical (unpaired) electrons. The first kappa shape index (κ1) is 20.2. The molecule has 2 aromatic heterocycles. The second-order valence-corrected chi connectivity index (χ2v) is 6.98. The van der Waals surface area contributed by atoms with E-state index < -0.39 is 0 Å². The molecule has 150 valence electrons. The van der Waals surface area contributed by atoms with Crippen molar-refractivity contribution in [2.24, 2.45) is 14.1 Å². The molecule has 0 fully saturated rings. The Hall–Kier alpha value is -2.58. The van der Waals surface area contributed by atoms with Gasteiger partial charge in [0, 0.05) is 31.3 Å². The van der Waals surface area contributed by atoms with E-state index in [0.29, 0.717) is 23.2 Å². The average Bonchev–Trinajstić information content (AvgIpc) is 3.21. The van der Waals surface area contributed by atoms with Gasteiger partial charge in [-0.25, -0.2) is 9.78 Å². The lowest BCUT2D eigenvalue weighted by molar-refractivity contribution is 0.0662. The molecule has 9 heteroatoms. The second-order valence-electron chi connectivity index (χ2n) is 6.57. The van der Waals surface area contributed by atoms with Gasteiger partial charge in [0.25, 0.3) is 0 Å². The average molecular weight is 406 g/mol. The van der Waals surface area contributed by atoms with E-state index in [0.717, 1.165) is 23.2 Å². The molecule has 1 aromatic carbocycles. The van der Waals surface area contributed by atoms with Gasteiger partial charge in [-0.3, -0.25) is 4.57 Å². The van der Waals surface area contributed by atoms with Crippen molar-refractivity contribution in [2.45, 2.75) is 33.6 Å². The van der Waals surface area contributed by atoms with Crippen LogP contribution in [0.4, 0.5) is 0 Å². The van der Waals surface area contributed by atoms with Crippen molar-refractivity contribution in [3.63, 3.8) is 0 Å². The zero-order valence-corrected chi connectivity index (χ0v) is 17.2. The predicted octanol–water partition coefficient (Wildman–Crippen LogP) is 2.91. The Bertz CT molecular complexity index is 1020. The lowest BCUT2D eigenvalue weighted by Crippen LogP contribution is -2.24. The van der Waals surface area contributed by atoms with Crippen LogP contribution < -0.4 is 10.4 Å². The molecule has 0 saturated carbocycles. The van der Waals surface area contributed by atoms with Crippen molar-refractivity contribution >= 4 is 11.6 Å². The van der Waals surface area contributed by atoms with E-state index in [1.54, 1.807) is 19.6 Å². The van der Waals surface area contributed by atoms with Crippen LogP contribution in [0, 0.1) is 6.92 Å². The van der Waals surface area contributed by atoms with Crippen molar-refractivity contribution in [2.75, 3.05) is 6.61 Å². The topological polar surface area (TPSA) is 76.1 Å². The Morgan fingerprint density at radius 1 is 1.25 bits per heavy atom. The summed E-state index contributed by atoms with van der Waals surface area (Å²) in [5.74, 6) is 1.16. The van der Waals surface area contributed by atoms with E-state index in [1.807, 2.05) is 37.6 Å². The minimum atomic E-state index is -0.242. The number of halogens is 1. The molecule has 3 rings (SSSR count). The molecular formula is C19H24ClN5O3. The van der Waals surface area contributed by atoms with Gasteiger partial charge in [0.05, 0.1) is 18.2 Å². The van der Waals surface area contributed by atoms with E-state index in [4.69, 9.17) is 21.1 Å². The van der Waals surface area contributed by atoms with Gasteiger partial charge in [-0.15, -0.1) is 5.10 Å². The van der Waals surface area contributed by atoms with Crippen LogP contribution in [0.3, 0.4) is 0 Å². The minimum absolute atomic E-state index is 0.126. The molecule has 0 aliphatic heterocycles. The summed E-state index contributed by atoms with van der Waals surface area (Å²) in [7, 11) is 3.57. The van der Waals surface area contributed by atoms with Crippen LogP contribution in [0.2, 0.25) is 5.02 Å². The predicted molar refractivity (Wildman–Crippen MR) is 106 cm³/mol. The molecular weight excluding hydrogens is 382 g/mol. The third kappa shape index (κ3) is 4.13. The fourth-order valence-corrected chi connectivity index (χ4v) is 2.94. The molecule has 0 unspecified atom stereocenters. The number of imidazole rings is 1. The zero-order valence-electron chi connectivity index (χ0n) is 16.5. The SMILES string of the molecule is CCCOCn1nc(COc2cc(C)c(Cl)cc2-c2cncn2C)n(C)c1=O. The van der Waals surface area contributed by atoms with Crippen LogP contribution in [0.25, 0.3) is 11.3 Å². The molecule has 0 N–H and O–H groups in total. The Kier molecular flexibility index (Phi) is 6.21. The highest BCUT2D eigenvalue weighted by atomic mass is 35.5. The molecule has 3 aromatic rings. The monoisotopic (exact) mass is 405 g/mol. The summed E-state index contributed by atoms with van der Waals surface area (Å²) in [4.78, 5) is 16.5. The molecule has 2 heterocycles. The first-order valence-electron chi connectivity index (χ1n) is 9.02. The molecule has 0 aliphatic carbocycles. The van der Waals surface area contributed by atoms with E-state index in [1.165, 1.54) is 9.25 Å². The molecule has 0 spiro atoms. The number of benzene rings is 1. The van der Waals surface area contributed by atoms with Crippen molar-refractivity contribution < 1.29 is 9.47 Å². The number of nitrogens with zero attached hydrogens (tertiary/aromatic N) is 5. The fraction of sp³-hybridized carbons (Fsp3) is 0.421. The summed E-state index contributed by atoms with van der Waals surface area (Å²) in [5.41, 5.74) is 2.36. The van der Waals surface area contributed by atoms with Gasteiger partial charge in [-0.1, -0.05) is 18.5 Å². The summed E-state index contributed by atoms with van der Waals surface area (Å²) in [6.07, 6.45) is 4.35. The molecule has 0 amide bonds. The van der Waals surface area contributed by atoms with Crippen LogP contribution in [-0.4, -0.2) is 30.5 Å². The lowest BCUT2D eigenvalue weighted by atomic mass is 10.1. The van der Waals surface area contributed by atoms with E-state index in [-0.39, 0.29) is 19.0 Å². The number of hydrogen-bond donors (Lipinski definition) is 0. The number of aryl methyl sites for hydroxylation is 2. The molecule has 0 saturated heterocycles. The quantitative estimate of drug-likeness (QED) is 0.538. The van der Waals surface area contributed by atoms with Crippen LogP contribution in [-0.2, 0) is 32.2 Å². The smallest absolute Gasteiger partial charge is 0.347 e. The summed E-state index contributed by atoms with van der Waals surface area (Å²) >= 11 is 6.32. The summed E-state index contributed by atoms with van der Waals surface area (Å²) < 4.78 is 16.1. The van der Waals surface area contributed by atoms with Crippen LogP contribution in [0.15, 0.2) is 29.5 Å². The maximum Gasteiger partial charge on any atom is 0.347 e. The zero-order chi connectivity index (χ0) is 20.3. The normalized spacial score (nSPS) is 11.2. The highest BCUT2D eigenvalue weighted by Gasteiger charge is 2.15. The Morgan fingerprint density at radius 3 is 2.71 bits per heavy atom. The molecule has 8 nitrogen and oxygen atoms in total. The van der Waals surface area contributed by atoms with Crippen LogP contribution >= 0.6 is 11.6 Å². The van der Waals surface area contributed by atoms with E-state index in [2.05, 4.69) is 10.1 Å². The number of rotatable bonds is 8. The van der Waals surface area contributed by atoms with Gasteiger partial charge in [-0.05, 0) is 31.0 Å². The summed E-state index contributed by atoms with van der Waals surface area (Å²) in [6, 6.07) is 3.74. The van der Waals surface area contributed by atoms with Crippen molar-refractivity contribution in [1.29, 1.82) is 0 Å². The van der Waals surface area contributed by atoms with Crippen molar-refractivity contribution in [3.05, 3.63) is 51.6 Å². The maximum atomic E-state index is 12.3. The van der Waals surface area contributed by atoms with Crippen LogP contribution in [0.1, 0.15) is 24.7 Å². The minimum Gasteiger partial charge on any atom is -0.485 e. The van der Waals surface area contributed by atoms with E-state index in [9.17, 15) is 4.79 Å². The van der Waals surface area contributed by atoms with Crippen molar-refractivity contribution in [1.82, 2.24) is 23.9 Å². The fourth-order valence-electron chi connectivity index (χ4n) is 2.77. The third-order valence-corrected chi connectivity index (χ3v) is 4.81. The summed E-state index contributed by atoms with van der Waals surface area (Å²) in [6.45, 7) is 4.76. The van der Waals surface area contributed by atoms with Gasteiger partial charge < -0.3 is 14.0 Å². The third-order valence-electron chi connectivity index (χ3n) is 4.40. The van der Waals surface area contributed by atoms with Gasteiger partial charge in [0.1, 0.15) is 19.1 Å². The highest BCUT2D eigenvalue weighted by Crippen LogP contribution is 2.34. The molecule has 0 atom stereocenters. The van der Waals surface area contributed by atoms with Crippen LogP contribution in [0.5, 0.6) is 5.75 Å². The van der Waals surface area contributed by atoms with Gasteiger partial charge >= 0.3 is 5.69 Å². The van der Waals surface area contributed by atoms with Gasteiger partial charge in [0.15, 0.2) is 5.82 Å². The second kappa shape index (κ2) is 8.62. The number of aromatic nitrogens is 5. The van der Waals surface area contributed by atoms with Crippen molar-refractivity contribution in [3.8, 4) is 17.0 Å². The Labute approximate surface area is 168 Å². The number of ether oxygens (including phenoxy) is 2. The van der Waals surface area contributed by atoms with Gasteiger partial charge in [-0.2, -0.15) is 4.68 Å².